The highest BCUT2D eigenvalue weighted by molar-refractivity contribution is 5.71. The van der Waals surface area contributed by atoms with Crippen molar-refractivity contribution < 1.29 is 4.79 Å². The lowest BCUT2D eigenvalue weighted by Crippen LogP contribution is -2.28. The molecule has 4 heteroatoms. The van der Waals surface area contributed by atoms with Crippen molar-refractivity contribution in [2.24, 2.45) is 5.73 Å². The Hall–Kier alpha value is -0.770. The van der Waals surface area contributed by atoms with Crippen LogP contribution in [0.3, 0.4) is 0 Å². The number of hydrogen-bond acceptors (Lipinski definition) is 2. The molecule has 3 N–H and O–H groups in total. The van der Waals surface area contributed by atoms with Gasteiger partial charge in [-0.05, 0) is 34.0 Å². The molecule has 0 saturated carbocycles. The molecule has 0 radical (unpaired) electrons. The molecule has 0 aromatic rings. The number of carbonyl (C=O) groups is 1. The Kier molecular flexibility index (Phi) is 20.6. The standard InChI is InChI=1S/C14H31N.C3H8N2O/c1-4-5-6-7-8-9-10-11-12-13-14-15(2)3;1-2-5-3(4)6/h4-14H2,1-3H3;2H2,1H3,(H3,4,5,6). The number of rotatable bonds is 12. The second-order valence-electron chi connectivity index (χ2n) is 5.88. The Morgan fingerprint density at radius 1 is 0.857 bits per heavy atom. The zero-order chi connectivity index (χ0) is 16.3. The normalized spacial score (nSPS) is 10.1. The quantitative estimate of drug-likeness (QED) is 0.532. The van der Waals surface area contributed by atoms with Crippen LogP contribution in [0.2, 0.25) is 0 Å². The molecule has 0 aromatic heterocycles. The lowest BCUT2D eigenvalue weighted by Gasteiger charge is -2.08. The van der Waals surface area contributed by atoms with Crippen LogP contribution < -0.4 is 11.1 Å². The van der Waals surface area contributed by atoms with Crippen molar-refractivity contribution in [1.29, 1.82) is 0 Å². The number of carbonyl (C=O) groups excluding carboxylic acids is 1. The van der Waals surface area contributed by atoms with Crippen molar-refractivity contribution >= 4 is 6.03 Å². The molecule has 128 valence electrons. The SMILES string of the molecule is CCCCCCCCCCCCN(C)C.CCNC(N)=O. The molecule has 0 unspecified atom stereocenters. The summed E-state index contributed by atoms with van der Waals surface area (Å²) in [6.45, 7) is 5.96. The minimum Gasteiger partial charge on any atom is -0.352 e. The van der Waals surface area contributed by atoms with E-state index in [9.17, 15) is 4.79 Å². The summed E-state index contributed by atoms with van der Waals surface area (Å²) >= 11 is 0. The van der Waals surface area contributed by atoms with Crippen LogP contribution in [-0.4, -0.2) is 38.1 Å². The molecule has 0 heterocycles. The average molecular weight is 302 g/mol. The monoisotopic (exact) mass is 301 g/mol. The fourth-order valence-electron chi connectivity index (χ4n) is 2.09. The summed E-state index contributed by atoms with van der Waals surface area (Å²) in [6.07, 6.45) is 14.4. The molecule has 0 atom stereocenters. The van der Waals surface area contributed by atoms with Crippen molar-refractivity contribution in [2.45, 2.75) is 78.1 Å². The van der Waals surface area contributed by atoms with Gasteiger partial charge in [0, 0.05) is 6.54 Å². The number of hydrogen-bond donors (Lipinski definition) is 2. The highest BCUT2D eigenvalue weighted by Gasteiger charge is 1.93. The van der Waals surface area contributed by atoms with Crippen LogP contribution in [0.4, 0.5) is 4.79 Å². The van der Waals surface area contributed by atoms with Crippen LogP contribution >= 0.6 is 0 Å². The maximum atomic E-state index is 9.71. The first-order chi connectivity index (χ1) is 10.0. The van der Waals surface area contributed by atoms with Gasteiger partial charge in [-0.1, -0.05) is 64.7 Å². The fraction of sp³-hybridized carbons (Fsp3) is 0.941. The van der Waals surface area contributed by atoms with Gasteiger partial charge >= 0.3 is 6.03 Å². The third kappa shape index (κ3) is 28.2. The molecule has 4 nitrogen and oxygen atoms in total. The van der Waals surface area contributed by atoms with E-state index in [-0.39, 0.29) is 0 Å². The zero-order valence-electron chi connectivity index (χ0n) is 14.9. The van der Waals surface area contributed by atoms with E-state index in [1.54, 1.807) is 0 Å². The highest BCUT2D eigenvalue weighted by Crippen LogP contribution is 2.10. The fourth-order valence-corrected chi connectivity index (χ4v) is 2.09. The van der Waals surface area contributed by atoms with Crippen molar-refractivity contribution in [3.63, 3.8) is 0 Å². The van der Waals surface area contributed by atoms with Crippen molar-refractivity contribution in [1.82, 2.24) is 10.2 Å². The van der Waals surface area contributed by atoms with Gasteiger partial charge < -0.3 is 16.0 Å². The van der Waals surface area contributed by atoms with Gasteiger partial charge in [-0.15, -0.1) is 0 Å². The molecular formula is C17H39N3O. The van der Waals surface area contributed by atoms with E-state index in [1.807, 2.05) is 6.92 Å². The number of primary amides is 1. The van der Waals surface area contributed by atoms with Crippen LogP contribution in [0.5, 0.6) is 0 Å². The van der Waals surface area contributed by atoms with Crippen LogP contribution in [0.15, 0.2) is 0 Å². The van der Waals surface area contributed by atoms with Gasteiger partial charge in [0.15, 0.2) is 0 Å². The predicted molar refractivity (Wildman–Crippen MR) is 93.7 cm³/mol. The van der Waals surface area contributed by atoms with Crippen LogP contribution in [-0.2, 0) is 0 Å². The second kappa shape index (κ2) is 19.2. The molecule has 0 rings (SSSR count). The number of nitrogens with one attached hydrogen (secondary N) is 1. The van der Waals surface area contributed by atoms with Crippen LogP contribution in [0.1, 0.15) is 78.1 Å². The Morgan fingerprint density at radius 3 is 1.57 bits per heavy atom. The second-order valence-corrected chi connectivity index (χ2v) is 5.88. The van der Waals surface area contributed by atoms with Gasteiger partial charge in [-0.25, -0.2) is 4.79 Å². The summed E-state index contributed by atoms with van der Waals surface area (Å²) in [7, 11) is 4.32. The molecule has 0 bridgehead atoms. The molecule has 0 aliphatic rings. The van der Waals surface area contributed by atoms with Gasteiger partial charge in [0.2, 0.25) is 0 Å². The van der Waals surface area contributed by atoms with E-state index >= 15 is 0 Å². The Labute approximate surface area is 132 Å². The predicted octanol–water partition coefficient (Wildman–Crippen LogP) is 4.14. The summed E-state index contributed by atoms with van der Waals surface area (Å²) in [5, 5.41) is 2.35. The summed E-state index contributed by atoms with van der Waals surface area (Å²) < 4.78 is 0. The number of amides is 2. The van der Waals surface area contributed by atoms with Crippen molar-refractivity contribution in [2.75, 3.05) is 27.2 Å². The average Bonchev–Trinajstić information content (AvgIpc) is 2.41. The van der Waals surface area contributed by atoms with Gasteiger partial charge in [-0.2, -0.15) is 0 Å². The van der Waals surface area contributed by atoms with Gasteiger partial charge in [0.1, 0.15) is 0 Å². The first-order valence-electron chi connectivity index (χ1n) is 8.72. The van der Waals surface area contributed by atoms with Gasteiger partial charge in [0.25, 0.3) is 0 Å². The third-order valence-electron chi connectivity index (χ3n) is 3.31. The van der Waals surface area contributed by atoms with Crippen LogP contribution in [0, 0.1) is 0 Å². The topological polar surface area (TPSA) is 58.4 Å². The van der Waals surface area contributed by atoms with Gasteiger partial charge in [-0.3, -0.25) is 0 Å². The number of urea groups is 1. The molecular weight excluding hydrogens is 262 g/mol. The summed E-state index contributed by atoms with van der Waals surface area (Å²) in [5.74, 6) is 0. The Bertz CT molecular complexity index is 208. The lowest BCUT2D eigenvalue weighted by atomic mass is 10.1. The molecule has 21 heavy (non-hydrogen) atoms. The smallest absolute Gasteiger partial charge is 0.312 e. The largest absolute Gasteiger partial charge is 0.352 e. The molecule has 0 fully saturated rings. The van der Waals surface area contributed by atoms with Crippen LogP contribution in [0.25, 0.3) is 0 Å². The first kappa shape index (κ1) is 22.5. The molecule has 2 amide bonds. The summed E-state index contributed by atoms with van der Waals surface area (Å²) in [6, 6.07) is -0.461. The van der Waals surface area contributed by atoms with E-state index in [1.165, 1.54) is 70.8 Å². The summed E-state index contributed by atoms with van der Waals surface area (Å²) in [5.41, 5.74) is 4.65. The number of nitrogens with two attached hydrogens (primary N) is 1. The number of unbranched alkanes of at least 4 members (excludes halogenated alkanes) is 9. The third-order valence-corrected chi connectivity index (χ3v) is 3.31. The van der Waals surface area contributed by atoms with Gasteiger partial charge in [0.05, 0.1) is 0 Å². The summed E-state index contributed by atoms with van der Waals surface area (Å²) in [4.78, 5) is 12.0. The Balaban J connectivity index is 0. The van der Waals surface area contributed by atoms with E-state index in [4.69, 9.17) is 0 Å². The lowest BCUT2D eigenvalue weighted by molar-refractivity contribution is 0.249. The maximum absolute atomic E-state index is 9.71. The zero-order valence-corrected chi connectivity index (χ0v) is 14.9. The maximum Gasteiger partial charge on any atom is 0.312 e. The molecule has 0 aliphatic carbocycles. The first-order valence-corrected chi connectivity index (χ1v) is 8.72. The molecule has 0 saturated heterocycles. The van der Waals surface area contributed by atoms with E-state index in [0.29, 0.717) is 6.54 Å². The minimum absolute atomic E-state index is 0.461. The molecule has 0 aliphatic heterocycles. The minimum atomic E-state index is -0.461. The Morgan fingerprint density at radius 2 is 1.29 bits per heavy atom. The van der Waals surface area contributed by atoms with Crippen molar-refractivity contribution in [3.8, 4) is 0 Å². The number of nitrogens with zero attached hydrogens (tertiary/aromatic N) is 1. The highest BCUT2D eigenvalue weighted by atomic mass is 16.2. The van der Waals surface area contributed by atoms with E-state index in [2.05, 4.69) is 37.0 Å². The van der Waals surface area contributed by atoms with Crippen molar-refractivity contribution in [3.05, 3.63) is 0 Å². The molecule has 0 aromatic carbocycles. The van der Waals surface area contributed by atoms with E-state index in [0.717, 1.165) is 0 Å². The molecule has 0 spiro atoms. The van der Waals surface area contributed by atoms with E-state index < -0.39 is 6.03 Å².